The molecule has 0 spiro atoms. The summed E-state index contributed by atoms with van der Waals surface area (Å²) >= 11 is 0. The van der Waals surface area contributed by atoms with Crippen molar-refractivity contribution >= 4 is 21.0 Å². The normalized spacial score (nSPS) is 11.4. The van der Waals surface area contributed by atoms with Gasteiger partial charge in [-0.1, -0.05) is 31.0 Å². The van der Waals surface area contributed by atoms with E-state index in [9.17, 15) is 8.42 Å². The Hall–Kier alpha value is -2.78. The molecule has 0 amide bonds. The lowest BCUT2D eigenvalue weighted by Gasteiger charge is -2.11. The van der Waals surface area contributed by atoms with Gasteiger partial charge in [-0.25, -0.2) is 0 Å². The molecule has 0 aliphatic heterocycles. The minimum atomic E-state index is -3.97. The molecule has 128 valence electrons. The smallest absolute Gasteiger partial charge is 0.339 e. The fraction of sp³-hybridized carbons (Fsp3) is 0.211. The molecule has 2 aromatic carbocycles. The van der Waals surface area contributed by atoms with Gasteiger partial charge in [0.1, 0.15) is 4.90 Å². The molecule has 0 bridgehead atoms. The molecule has 3 rings (SSSR count). The number of hydrogen-bond acceptors (Lipinski definition) is 4. The van der Waals surface area contributed by atoms with Gasteiger partial charge in [-0.05, 0) is 43.2 Å². The van der Waals surface area contributed by atoms with Crippen LogP contribution in [0.15, 0.2) is 47.5 Å². The van der Waals surface area contributed by atoms with Crippen LogP contribution in [0.3, 0.4) is 0 Å². The molecule has 0 saturated carbocycles. The van der Waals surface area contributed by atoms with Crippen molar-refractivity contribution in [2.45, 2.75) is 31.6 Å². The van der Waals surface area contributed by atoms with E-state index in [-0.39, 0.29) is 10.6 Å². The molecule has 0 atom stereocenters. The summed E-state index contributed by atoms with van der Waals surface area (Å²) in [5.41, 5.74) is 2.91. The van der Waals surface area contributed by atoms with E-state index in [1.807, 2.05) is 26.0 Å². The van der Waals surface area contributed by atoms with Gasteiger partial charge in [-0.3, -0.25) is 0 Å². The summed E-state index contributed by atoms with van der Waals surface area (Å²) in [5.74, 6) is 0.190. The van der Waals surface area contributed by atoms with Crippen LogP contribution in [-0.4, -0.2) is 13.4 Å². The first kappa shape index (κ1) is 17.1. The van der Waals surface area contributed by atoms with E-state index in [0.29, 0.717) is 22.9 Å². The molecule has 0 saturated heterocycles. The molecule has 0 unspecified atom stereocenters. The number of nitriles is 1. The summed E-state index contributed by atoms with van der Waals surface area (Å²) in [5, 5.41) is 9.60. The predicted molar refractivity (Wildman–Crippen MR) is 96.0 cm³/mol. The summed E-state index contributed by atoms with van der Waals surface area (Å²) < 4.78 is 31.0. The van der Waals surface area contributed by atoms with Gasteiger partial charge in [0.15, 0.2) is 5.75 Å². The highest BCUT2D eigenvalue weighted by Gasteiger charge is 2.22. The van der Waals surface area contributed by atoms with Crippen LogP contribution in [0.25, 0.3) is 10.9 Å². The fourth-order valence-electron chi connectivity index (χ4n) is 2.81. The van der Waals surface area contributed by atoms with Crippen molar-refractivity contribution in [1.82, 2.24) is 4.98 Å². The Bertz CT molecular complexity index is 1080. The zero-order chi connectivity index (χ0) is 18.0. The molecule has 6 heteroatoms. The number of aromatic nitrogens is 1. The number of aromatic amines is 1. The third-order valence-corrected chi connectivity index (χ3v) is 5.31. The van der Waals surface area contributed by atoms with Crippen molar-refractivity contribution < 1.29 is 12.6 Å². The lowest BCUT2D eigenvalue weighted by Crippen LogP contribution is -2.12. The Morgan fingerprint density at radius 1 is 1.20 bits per heavy atom. The number of H-pyrrole nitrogens is 1. The first-order chi connectivity index (χ1) is 11.9. The first-order valence-electron chi connectivity index (χ1n) is 8.00. The van der Waals surface area contributed by atoms with Crippen LogP contribution in [-0.2, 0) is 16.5 Å². The Labute approximate surface area is 147 Å². The summed E-state index contributed by atoms with van der Waals surface area (Å²) in [4.78, 5) is 3.15. The molecule has 5 nitrogen and oxygen atoms in total. The van der Waals surface area contributed by atoms with E-state index in [1.165, 1.54) is 6.20 Å². The van der Waals surface area contributed by atoms with Crippen LogP contribution < -0.4 is 4.18 Å². The van der Waals surface area contributed by atoms with Crippen LogP contribution in [0.2, 0.25) is 0 Å². The maximum absolute atomic E-state index is 12.8. The lowest BCUT2D eigenvalue weighted by molar-refractivity contribution is 0.487. The van der Waals surface area contributed by atoms with Crippen molar-refractivity contribution in [3.05, 3.63) is 59.3 Å². The van der Waals surface area contributed by atoms with Crippen molar-refractivity contribution in [2.24, 2.45) is 0 Å². The number of hydrogen-bond donors (Lipinski definition) is 1. The zero-order valence-corrected chi connectivity index (χ0v) is 14.9. The summed E-state index contributed by atoms with van der Waals surface area (Å²) in [6.07, 6.45) is 2.99. The number of rotatable bonds is 5. The molecule has 1 aromatic heterocycles. The summed E-state index contributed by atoms with van der Waals surface area (Å²) in [6, 6.07) is 12.3. The van der Waals surface area contributed by atoms with Gasteiger partial charge < -0.3 is 9.17 Å². The van der Waals surface area contributed by atoms with E-state index in [4.69, 9.17) is 9.44 Å². The van der Waals surface area contributed by atoms with Crippen molar-refractivity contribution in [3.63, 3.8) is 0 Å². The highest BCUT2D eigenvalue weighted by atomic mass is 32.2. The topological polar surface area (TPSA) is 83.0 Å². The second kappa shape index (κ2) is 6.61. The third-order valence-electron chi connectivity index (χ3n) is 3.98. The number of fused-ring (bicyclic) bond motifs is 1. The standard InChI is InChI=1S/C19H18N2O3S/c1-3-4-15-9-13(2)5-8-19(15)25(22,23)24-18-12-21-17-7-6-14(11-20)10-16(17)18/h5-10,12,21H,3-4H2,1-2H3. The predicted octanol–water partition coefficient (Wildman–Crippen LogP) is 4.07. The second-order valence-electron chi connectivity index (χ2n) is 5.92. The van der Waals surface area contributed by atoms with Crippen molar-refractivity contribution in [2.75, 3.05) is 0 Å². The molecule has 1 N–H and O–H groups in total. The van der Waals surface area contributed by atoms with Gasteiger partial charge in [-0.15, -0.1) is 0 Å². The van der Waals surface area contributed by atoms with Gasteiger partial charge in [0.25, 0.3) is 0 Å². The maximum Gasteiger partial charge on any atom is 0.339 e. The molecule has 25 heavy (non-hydrogen) atoms. The quantitative estimate of drug-likeness (QED) is 0.700. The maximum atomic E-state index is 12.8. The lowest BCUT2D eigenvalue weighted by atomic mass is 10.1. The average molecular weight is 354 g/mol. The Morgan fingerprint density at radius 3 is 2.72 bits per heavy atom. The number of nitrogens with zero attached hydrogens (tertiary/aromatic N) is 1. The number of aryl methyl sites for hydroxylation is 2. The molecule has 0 aliphatic carbocycles. The fourth-order valence-corrected chi connectivity index (χ4v) is 3.99. The monoisotopic (exact) mass is 354 g/mol. The molecule has 1 heterocycles. The molecule has 0 aliphatic rings. The Kier molecular flexibility index (Phi) is 4.51. The molecule has 0 fully saturated rings. The Morgan fingerprint density at radius 2 is 2.00 bits per heavy atom. The van der Waals surface area contributed by atoms with Crippen LogP contribution in [0.1, 0.15) is 30.0 Å². The van der Waals surface area contributed by atoms with Crippen LogP contribution in [0, 0.1) is 18.3 Å². The highest BCUT2D eigenvalue weighted by Crippen LogP contribution is 2.30. The third kappa shape index (κ3) is 3.37. The summed E-state index contributed by atoms with van der Waals surface area (Å²) in [6.45, 7) is 3.93. The van der Waals surface area contributed by atoms with Gasteiger partial charge in [-0.2, -0.15) is 13.7 Å². The van der Waals surface area contributed by atoms with Gasteiger partial charge in [0.05, 0.1) is 11.6 Å². The van der Waals surface area contributed by atoms with E-state index in [1.54, 1.807) is 30.3 Å². The van der Waals surface area contributed by atoms with Crippen LogP contribution in [0.5, 0.6) is 5.75 Å². The number of nitrogens with one attached hydrogen (secondary N) is 1. The van der Waals surface area contributed by atoms with Crippen LogP contribution >= 0.6 is 0 Å². The molecular formula is C19H18N2O3S. The first-order valence-corrected chi connectivity index (χ1v) is 9.40. The van der Waals surface area contributed by atoms with Crippen molar-refractivity contribution in [1.29, 1.82) is 5.26 Å². The Balaban J connectivity index is 2.04. The van der Waals surface area contributed by atoms with Crippen LogP contribution in [0.4, 0.5) is 0 Å². The van der Waals surface area contributed by atoms with Crippen molar-refractivity contribution in [3.8, 4) is 11.8 Å². The highest BCUT2D eigenvalue weighted by molar-refractivity contribution is 7.87. The molecule has 0 radical (unpaired) electrons. The minimum Gasteiger partial charge on any atom is -0.377 e. The molecular weight excluding hydrogens is 336 g/mol. The molecule has 3 aromatic rings. The van der Waals surface area contributed by atoms with Gasteiger partial charge >= 0.3 is 10.1 Å². The van der Waals surface area contributed by atoms with E-state index in [2.05, 4.69) is 4.98 Å². The number of benzene rings is 2. The summed E-state index contributed by atoms with van der Waals surface area (Å²) in [7, 11) is -3.97. The van der Waals surface area contributed by atoms with Gasteiger partial charge in [0.2, 0.25) is 0 Å². The van der Waals surface area contributed by atoms with Gasteiger partial charge in [0, 0.05) is 17.1 Å². The SMILES string of the molecule is CCCc1cc(C)ccc1S(=O)(=O)Oc1c[nH]c2ccc(C#N)cc12. The van der Waals surface area contributed by atoms with E-state index in [0.717, 1.165) is 17.5 Å². The zero-order valence-electron chi connectivity index (χ0n) is 14.0. The minimum absolute atomic E-state index is 0.186. The largest absolute Gasteiger partial charge is 0.377 e. The van der Waals surface area contributed by atoms with E-state index < -0.39 is 10.1 Å². The van der Waals surface area contributed by atoms with E-state index >= 15 is 0 Å². The average Bonchev–Trinajstić information content (AvgIpc) is 2.96. The second-order valence-corrected chi connectivity index (χ2v) is 7.44.